The maximum absolute atomic E-state index is 8.72. The van der Waals surface area contributed by atoms with Gasteiger partial charge in [0, 0.05) is 0 Å². The van der Waals surface area contributed by atoms with Crippen molar-refractivity contribution in [1.29, 1.82) is 5.26 Å². The monoisotopic (exact) mass is 159 g/mol. The highest BCUT2D eigenvalue weighted by atomic mass is 16.2. The zero-order chi connectivity index (χ0) is 8.97. The normalized spacial score (nSPS) is 10.8. The number of nitriles is 1. The number of allylic oxidation sites excluding steroid dienone is 1. The Balaban J connectivity index is 3.21. The predicted molar refractivity (Wildman–Crippen MR) is 47.4 cm³/mol. The molecule has 2 nitrogen and oxygen atoms in total. The zero-order valence-corrected chi connectivity index (χ0v) is 6.78. The first-order valence-electron chi connectivity index (χ1n) is 3.60. The third-order valence-corrected chi connectivity index (χ3v) is 1.68. The van der Waals surface area contributed by atoms with Gasteiger partial charge in [0.05, 0.1) is 11.8 Å². The van der Waals surface area contributed by atoms with Crippen LogP contribution in [0.2, 0.25) is 0 Å². The number of nitrogens with zero attached hydrogens (tertiary/aromatic N) is 1. The van der Waals surface area contributed by atoms with E-state index in [9.17, 15) is 0 Å². The summed E-state index contributed by atoms with van der Waals surface area (Å²) in [4.78, 5) is 0. The lowest BCUT2D eigenvalue weighted by molar-refractivity contribution is 0.476. The van der Waals surface area contributed by atoms with Gasteiger partial charge >= 0.3 is 0 Å². The third kappa shape index (κ3) is 1.46. The van der Waals surface area contributed by atoms with Gasteiger partial charge in [0.15, 0.2) is 0 Å². The van der Waals surface area contributed by atoms with E-state index in [-0.39, 0.29) is 0 Å². The number of aliphatic hydroxyl groups excluding tert-OH is 1. The van der Waals surface area contributed by atoms with Crippen molar-refractivity contribution in [2.45, 2.75) is 6.92 Å². The van der Waals surface area contributed by atoms with Gasteiger partial charge in [0.1, 0.15) is 6.07 Å². The van der Waals surface area contributed by atoms with Gasteiger partial charge in [-0.3, -0.25) is 0 Å². The molecule has 12 heavy (non-hydrogen) atoms. The number of rotatable bonds is 1. The van der Waals surface area contributed by atoms with Crippen molar-refractivity contribution in [3.05, 3.63) is 41.7 Å². The first kappa shape index (κ1) is 8.35. The van der Waals surface area contributed by atoms with Gasteiger partial charge in [0.2, 0.25) is 0 Å². The molecule has 0 saturated carbocycles. The van der Waals surface area contributed by atoms with E-state index >= 15 is 0 Å². The second-order valence-electron chi connectivity index (χ2n) is 2.47. The molecule has 1 aromatic rings. The topological polar surface area (TPSA) is 44.0 Å². The molecule has 60 valence electrons. The van der Waals surface area contributed by atoms with E-state index in [1.807, 2.05) is 31.2 Å². The summed E-state index contributed by atoms with van der Waals surface area (Å²) in [5.74, 6) is 0. The van der Waals surface area contributed by atoms with Gasteiger partial charge < -0.3 is 5.11 Å². The molecule has 0 aliphatic rings. The van der Waals surface area contributed by atoms with Crippen LogP contribution in [0.3, 0.4) is 0 Å². The molecule has 0 saturated heterocycles. The highest BCUT2D eigenvalue weighted by Gasteiger charge is 2.01. The van der Waals surface area contributed by atoms with Crippen LogP contribution in [0.1, 0.15) is 11.1 Å². The second-order valence-corrected chi connectivity index (χ2v) is 2.47. The molecule has 0 aromatic heterocycles. The molecule has 0 amide bonds. The lowest BCUT2D eigenvalue weighted by atomic mass is 10.0. The van der Waals surface area contributed by atoms with Gasteiger partial charge in [-0.2, -0.15) is 5.26 Å². The fraction of sp³-hybridized carbons (Fsp3) is 0.100. The van der Waals surface area contributed by atoms with Crippen LogP contribution in [0, 0.1) is 18.3 Å². The fourth-order valence-corrected chi connectivity index (χ4v) is 1.03. The maximum Gasteiger partial charge on any atom is 0.103 e. The first-order chi connectivity index (χ1) is 5.79. The van der Waals surface area contributed by atoms with Gasteiger partial charge in [-0.15, -0.1) is 0 Å². The number of aryl methyl sites for hydroxylation is 1. The average molecular weight is 159 g/mol. The SMILES string of the molecule is Cc1ccccc1/C(C#N)=C/O. The molecular formula is C10H9NO. The molecule has 0 radical (unpaired) electrons. The number of hydrogen-bond acceptors (Lipinski definition) is 2. The molecule has 0 spiro atoms. The minimum Gasteiger partial charge on any atom is -0.514 e. The van der Waals surface area contributed by atoms with Gasteiger partial charge in [0.25, 0.3) is 0 Å². The summed E-state index contributed by atoms with van der Waals surface area (Å²) in [5.41, 5.74) is 2.06. The van der Waals surface area contributed by atoms with E-state index in [0.29, 0.717) is 5.57 Å². The van der Waals surface area contributed by atoms with Crippen LogP contribution in [-0.2, 0) is 0 Å². The highest BCUT2D eigenvalue weighted by molar-refractivity contribution is 5.77. The molecule has 2 heteroatoms. The Bertz CT molecular complexity index is 347. The Labute approximate surface area is 71.4 Å². The van der Waals surface area contributed by atoms with Crippen molar-refractivity contribution >= 4 is 5.57 Å². The van der Waals surface area contributed by atoms with Crippen LogP contribution in [0.15, 0.2) is 30.5 Å². The Morgan fingerprint density at radius 2 is 2.17 bits per heavy atom. The van der Waals surface area contributed by atoms with Crippen LogP contribution in [-0.4, -0.2) is 5.11 Å². The summed E-state index contributed by atoms with van der Waals surface area (Å²) in [6.45, 7) is 1.90. The maximum atomic E-state index is 8.72. The number of hydrogen-bond donors (Lipinski definition) is 1. The Hall–Kier alpha value is -1.75. The molecule has 0 heterocycles. The number of aliphatic hydroxyl groups is 1. The molecule has 1 rings (SSSR count). The van der Waals surface area contributed by atoms with Crippen LogP contribution in [0.25, 0.3) is 5.57 Å². The molecule has 0 aliphatic heterocycles. The first-order valence-corrected chi connectivity index (χ1v) is 3.60. The largest absolute Gasteiger partial charge is 0.514 e. The Morgan fingerprint density at radius 1 is 1.50 bits per heavy atom. The summed E-state index contributed by atoms with van der Waals surface area (Å²) in [5, 5.41) is 17.3. The standard InChI is InChI=1S/C10H9NO/c1-8-4-2-3-5-10(8)9(6-11)7-12/h2-5,7,12H,1H3/b9-7+. The minimum atomic E-state index is 0.299. The fourth-order valence-electron chi connectivity index (χ4n) is 1.03. The summed E-state index contributed by atoms with van der Waals surface area (Å²) in [7, 11) is 0. The highest BCUT2D eigenvalue weighted by Crippen LogP contribution is 2.16. The van der Waals surface area contributed by atoms with Gasteiger partial charge in [-0.05, 0) is 18.1 Å². The molecule has 0 unspecified atom stereocenters. The molecule has 0 fully saturated rings. The minimum absolute atomic E-state index is 0.299. The van der Waals surface area contributed by atoms with E-state index in [4.69, 9.17) is 10.4 Å². The van der Waals surface area contributed by atoms with Gasteiger partial charge in [-0.1, -0.05) is 24.3 Å². The predicted octanol–water partition coefficient (Wildman–Crippen LogP) is 2.42. The van der Waals surface area contributed by atoms with Gasteiger partial charge in [-0.25, -0.2) is 0 Å². The summed E-state index contributed by atoms with van der Waals surface area (Å²) in [6, 6.07) is 9.36. The van der Waals surface area contributed by atoms with Crippen LogP contribution in [0.5, 0.6) is 0 Å². The summed E-state index contributed by atoms with van der Waals surface area (Å²) < 4.78 is 0. The van der Waals surface area contributed by atoms with E-state index in [1.54, 1.807) is 6.07 Å². The summed E-state index contributed by atoms with van der Waals surface area (Å²) >= 11 is 0. The van der Waals surface area contributed by atoms with E-state index < -0.39 is 0 Å². The van der Waals surface area contributed by atoms with Crippen LogP contribution < -0.4 is 0 Å². The van der Waals surface area contributed by atoms with Crippen molar-refractivity contribution < 1.29 is 5.11 Å². The smallest absolute Gasteiger partial charge is 0.103 e. The second kappa shape index (κ2) is 3.59. The molecule has 0 aliphatic carbocycles. The molecule has 1 N–H and O–H groups in total. The lowest BCUT2D eigenvalue weighted by Gasteiger charge is -2.00. The van der Waals surface area contributed by atoms with Crippen LogP contribution >= 0.6 is 0 Å². The summed E-state index contributed by atoms with van der Waals surface area (Å²) in [6.07, 6.45) is 0.836. The molecule has 1 aromatic carbocycles. The Kier molecular flexibility index (Phi) is 2.49. The average Bonchev–Trinajstić information content (AvgIpc) is 2.10. The molecule has 0 bridgehead atoms. The van der Waals surface area contributed by atoms with E-state index in [2.05, 4.69) is 0 Å². The van der Waals surface area contributed by atoms with E-state index in [1.165, 1.54) is 0 Å². The quantitative estimate of drug-likeness (QED) is 0.505. The van der Waals surface area contributed by atoms with Crippen molar-refractivity contribution in [1.82, 2.24) is 0 Å². The van der Waals surface area contributed by atoms with Crippen LogP contribution in [0.4, 0.5) is 0 Å². The molecule has 0 atom stereocenters. The number of benzene rings is 1. The molecular weight excluding hydrogens is 150 g/mol. The van der Waals surface area contributed by atoms with Crippen molar-refractivity contribution in [3.63, 3.8) is 0 Å². The van der Waals surface area contributed by atoms with Crippen molar-refractivity contribution in [2.24, 2.45) is 0 Å². The lowest BCUT2D eigenvalue weighted by Crippen LogP contribution is -1.85. The zero-order valence-electron chi connectivity index (χ0n) is 6.78. The van der Waals surface area contributed by atoms with Crippen molar-refractivity contribution in [3.8, 4) is 6.07 Å². The van der Waals surface area contributed by atoms with Crippen molar-refractivity contribution in [2.75, 3.05) is 0 Å². The third-order valence-electron chi connectivity index (χ3n) is 1.68. The van der Waals surface area contributed by atoms with E-state index in [0.717, 1.165) is 17.4 Å². The Morgan fingerprint density at radius 3 is 2.67 bits per heavy atom.